The van der Waals surface area contributed by atoms with Crippen molar-refractivity contribution >= 4 is 51.3 Å². The summed E-state index contributed by atoms with van der Waals surface area (Å²) >= 11 is 0. The third-order valence-corrected chi connectivity index (χ3v) is 14.0. The standard InChI is InChI=1S/C54H62BNO/c1-49(2,3)33-22-25-35(26-23-33)56-43-29-32(36-18-16-20-39-44(36)53(12,13)31-52(39,10)11)28-41-46(43)55(42-30-34(50(4,5)6)24-27-38(42)54(41,14)15)45-37-19-17-21-40(51(7,8)9)47(37)57-48(45)56/h16-30H,31H2,1-15H3. The van der Waals surface area contributed by atoms with Crippen LogP contribution in [0.25, 0.3) is 22.1 Å². The van der Waals surface area contributed by atoms with E-state index in [0.717, 1.165) is 23.6 Å². The maximum Gasteiger partial charge on any atom is 0.252 e. The van der Waals surface area contributed by atoms with Crippen molar-refractivity contribution in [2.75, 3.05) is 4.90 Å². The van der Waals surface area contributed by atoms with Crippen LogP contribution in [0.2, 0.25) is 0 Å². The fourth-order valence-electron chi connectivity index (χ4n) is 11.2. The molecule has 3 heteroatoms. The van der Waals surface area contributed by atoms with E-state index >= 15 is 0 Å². The van der Waals surface area contributed by atoms with Gasteiger partial charge in [-0.3, -0.25) is 4.90 Å². The van der Waals surface area contributed by atoms with Crippen molar-refractivity contribution in [2.24, 2.45) is 0 Å². The molecule has 2 nitrogen and oxygen atoms in total. The quantitative estimate of drug-likeness (QED) is 0.164. The average molecular weight is 752 g/mol. The first-order chi connectivity index (χ1) is 26.4. The molecule has 0 radical (unpaired) electrons. The lowest BCUT2D eigenvalue weighted by Gasteiger charge is -2.44. The van der Waals surface area contributed by atoms with E-state index < -0.39 is 0 Å². The summed E-state index contributed by atoms with van der Waals surface area (Å²) in [4.78, 5) is 2.49. The van der Waals surface area contributed by atoms with Crippen molar-refractivity contribution in [1.29, 1.82) is 0 Å². The van der Waals surface area contributed by atoms with Gasteiger partial charge in [-0.05, 0) is 102 Å². The molecule has 0 spiro atoms. The van der Waals surface area contributed by atoms with Gasteiger partial charge in [-0.2, -0.15) is 0 Å². The smallest absolute Gasteiger partial charge is 0.252 e. The maximum absolute atomic E-state index is 7.44. The minimum absolute atomic E-state index is 0.0105. The van der Waals surface area contributed by atoms with Gasteiger partial charge < -0.3 is 4.42 Å². The van der Waals surface area contributed by atoms with Crippen molar-refractivity contribution < 1.29 is 4.42 Å². The SMILES string of the molecule is CC(C)(C)c1ccc(N2c3cc(-c4cccc5c4C(C)(C)CC5(C)C)cc4c3B(c3cc(C(C)(C)C)ccc3C4(C)C)c3c2oc2c(C(C)(C)C)cccc32)cc1. The molecule has 0 N–H and O–H groups in total. The van der Waals surface area contributed by atoms with E-state index in [-0.39, 0.29) is 39.2 Å². The number of hydrogen-bond acceptors (Lipinski definition) is 2. The Morgan fingerprint density at radius 1 is 0.596 bits per heavy atom. The maximum atomic E-state index is 7.44. The fraction of sp³-hybridized carbons (Fsp3) is 0.407. The van der Waals surface area contributed by atoms with Crippen LogP contribution in [0.3, 0.4) is 0 Å². The second kappa shape index (κ2) is 11.8. The summed E-state index contributed by atoms with van der Waals surface area (Å²) in [6.45, 7) is 35.5. The van der Waals surface area contributed by atoms with E-state index in [0.29, 0.717) is 0 Å². The van der Waals surface area contributed by atoms with Crippen LogP contribution in [0, 0.1) is 0 Å². The molecule has 9 rings (SSSR count). The highest BCUT2D eigenvalue weighted by molar-refractivity contribution is 7.00. The van der Waals surface area contributed by atoms with Gasteiger partial charge in [0, 0.05) is 33.2 Å². The number of para-hydroxylation sites is 1. The number of nitrogens with zero attached hydrogens (tertiary/aromatic N) is 1. The summed E-state index contributed by atoms with van der Waals surface area (Å²) < 4.78 is 7.44. The van der Waals surface area contributed by atoms with Crippen LogP contribution in [-0.2, 0) is 32.5 Å². The van der Waals surface area contributed by atoms with E-state index in [1.807, 2.05) is 0 Å². The van der Waals surface area contributed by atoms with Gasteiger partial charge in [0.25, 0.3) is 6.71 Å². The van der Waals surface area contributed by atoms with Gasteiger partial charge in [-0.1, -0.05) is 182 Å². The van der Waals surface area contributed by atoms with Gasteiger partial charge in [0.2, 0.25) is 5.88 Å². The van der Waals surface area contributed by atoms with Gasteiger partial charge in [-0.25, -0.2) is 0 Å². The molecule has 0 fully saturated rings. The molecule has 5 aromatic carbocycles. The van der Waals surface area contributed by atoms with Crippen LogP contribution in [0.4, 0.5) is 17.3 Å². The predicted octanol–water partition coefficient (Wildman–Crippen LogP) is 12.9. The molecule has 3 aliphatic rings. The Hall–Kier alpha value is -4.50. The van der Waals surface area contributed by atoms with E-state index in [2.05, 4.69) is 200 Å². The highest BCUT2D eigenvalue weighted by Gasteiger charge is 2.50. The van der Waals surface area contributed by atoms with Gasteiger partial charge >= 0.3 is 0 Å². The summed E-state index contributed by atoms with van der Waals surface area (Å²) in [6.07, 6.45) is 1.13. The Kier molecular flexibility index (Phi) is 7.88. The second-order valence-electron chi connectivity index (χ2n) is 22.6. The first-order valence-corrected chi connectivity index (χ1v) is 21.4. The van der Waals surface area contributed by atoms with Crippen LogP contribution in [-0.4, -0.2) is 6.71 Å². The molecular formula is C54H62BNO. The molecule has 1 aliphatic carbocycles. The number of hydrogen-bond donors (Lipinski definition) is 0. The molecule has 1 aromatic heterocycles. The third-order valence-electron chi connectivity index (χ3n) is 14.0. The molecule has 0 saturated carbocycles. The highest BCUT2D eigenvalue weighted by atomic mass is 16.4. The first kappa shape index (κ1) is 38.0. The summed E-state index contributed by atoms with van der Waals surface area (Å²) in [5, 5.41) is 1.22. The zero-order valence-corrected chi connectivity index (χ0v) is 37.3. The largest absolute Gasteiger partial charge is 0.440 e. The minimum Gasteiger partial charge on any atom is -0.440 e. The van der Waals surface area contributed by atoms with Crippen LogP contribution < -0.4 is 21.3 Å². The Labute approximate surface area is 343 Å². The molecule has 2 aliphatic heterocycles. The van der Waals surface area contributed by atoms with Crippen molar-refractivity contribution in [3.05, 3.63) is 130 Å². The molecule has 0 amide bonds. The lowest BCUT2D eigenvalue weighted by Crippen LogP contribution is -2.64. The van der Waals surface area contributed by atoms with Crippen molar-refractivity contribution in [2.45, 2.75) is 143 Å². The third kappa shape index (κ3) is 5.57. The van der Waals surface area contributed by atoms with Crippen LogP contribution in [0.1, 0.15) is 149 Å². The van der Waals surface area contributed by atoms with Gasteiger partial charge in [0.05, 0.1) is 0 Å². The summed E-state index contributed by atoms with van der Waals surface area (Å²) in [7, 11) is 0. The lowest BCUT2D eigenvalue weighted by atomic mass is 9.30. The summed E-state index contributed by atoms with van der Waals surface area (Å²) in [5.74, 6) is 0.942. The Bertz CT molecular complexity index is 2630. The Balaban J connectivity index is 1.44. The number of benzene rings is 5. The summed E-state index contributed by atoms with van der Waals surface area (Å²) in [6, 6.07) is 35.7. The average Bonchev–Trinajstić information content (AvgIpc) is 3.58. The molecule has 0 unspecified atom stereocenters. The van der Waals surface area contributed by atoms with Gasteiger partial charge in [0.1, 0.15) is 5.58 Å². The molecule has 0 saturated heterocycles. The van der Waals surface area contributed by atoms with Crippen molar-refractivity contribution in [1.82, 2.24) is 0 Å². The second-order valence-corrected chi connectivity index (χ2v) is 22.6. The van der Waals surface area contributed by atoms with Crippen molar-refractivity contribution in [3.63, 3.8) is 0 Å². The summed E-state index contributed by atoms with van der Waals surface area (Å²) in [5.41, 5.74) is 19.7. The molecule has 292 valence electrons. The number of furan rings is 1. The van der Waals surface area contributed by atoms with Gasteiger partial charge in [-0.15, -0.1) is 0 Å². The number of anilines is 3. The molecule has 57 heavy (non-hydrogen) atoms. The van der Waals surface area contributed by atoms with E-state index in [9.17, 15) is 0 Å². The zero-order chi connectivity index (χ0) is 41.0. The topological polar surface area (TPSA) is 16.4 Å². The van der Waals surface area contributed by atoms with Crippen LogP contribution in [0.5, 0.6) is 0 Å². The molecular weight excluding hydrogens is 689 g/mol. The minimum atomic E-state index is -0.246. The van der Waals surface area contributed by atoms with Crippen molar-refractivity contribution in [3.8, 4) is 11.1 Å². The molecule has 0 atom stereocenters. The highest BCUT2D eigenvalue weighted by Crippen LogP contribution is 2.54. The predicted molar refractivity (Wildman–Crippen MR) is 246 cm³/mol. The van der Waals surface area contributed by atoms with Crippen LogP contribution in [0.15, 0.2) is 95.4 Å². The molecule has 0 bridgehead atoms. The number of fused-ring (bicyclic) bond motifs is 7. The molecule has 6 aromatic rings. The lowest BCUT2D eigenvalue weighted by molar-refractivity contribution is 0.403. The first-order valence-electron chi connectivity index (χ1n) is 21.4. The monoisotopic (exact) mass is 751 g/mol. The fourth-order valence-corrected chi connectivity index (χ4v) is 11.2. The number of rotatable bonds is 2. The van der Waals surface area contributed by atoms with E-state index in [1.54, 1.807) is 0 Å². The van der Waals surface area contributed by atoms with Gasteiger partial charge in [0.15, 0.2) is 0 Å². The molecule has 3 heterocycles. The van der Waals surface area contributed by atoms with E-state index in [1.165, 1.54) is 77.5 Å². The Morgan fingerprint density at radius 3 is 1.89 bits per heavy atom. The Morgan fingerprint density at radius 2 is 1.25 bits per heavy atom. The van der Waals surface area contributed by atoms with Crippen LogP contribution >= 0.6 is 0 Å². The normalized spacial score (nSPS) is 17.7. The zero-order valence-electron chi connectivity index (χ0n) is 37.3. The van der Waals surface area contributed by atoms with E-state index in [4.69, 9.17) is 4.42 Å².